The van der Waals surface area contributed by atoms with Crippen LogP contribution in [-0.2, 0) is 0 Å². The average Bonchev–Trinajstić information content (AvgIpc) is 1.95. The summed E-state index contributed by atoms with van der Waals surface area (Å²) in [6, 6.07) is 1.51. The second kappa shape index (κ2) is 3.75. The van der Waals surface area contributed by atoms with Crippen LogP contribution in [0.25, 0.3) is 0 Å². The van der Waals surface area contributed by atoms with E-state index in [-0.39, 0.29) is 6.10 Å². The minimum Gasteiger partial charge on any atom is -0.391 e. The molecule has 0 aromatic rings. The highest BCUT2D eigenvalue weighted by atomic mass is 16.3. The zero-order valence-corrected chi connectivity index (χ0v) is 8.62. The van der Waals surface area contributed by atoms with Crippen LogP contribution in [0.5, 0.6) is 0 Å². The zero-order valence-electron chi connectivity index (χ0n) is 8.62. The van der Waals surface area contributed by atoms with Crippen molar-refractivity contribution in [2.24, 2.45) is 0 Å². The lowest BCUT2D eigenvalue weighted by Crippen LogP contribution is -2.55. The molecule has 1 aliphatic carbocycles. The second-order valence-electron chi connectivity index (χ2n) is 4.35. The average molecular weight is 171 g/mol. The monoisotopic (exact) mass is 171 g/mol. The molecule has 0 aromatic heterocycles. The van der Waals surface area contributed by atoms with Crippen LogP contribution in [-0.4, -0.2) is 34.2 Å². The first-order valence-corrected chi connectivity index (χ1v) is 4.99. The van der Waals surface area contributed by atoms with E-state index in [1.54, 1.807) is 0 Å². The molecule has 0 aromatic carbocycles. The van der Waals surface area contributed by atoms with Crippen molar-refractivity contribution >= 4 is 0 Å². The molecule has 0 aliphatic heterocycles. The molecule has 2 atom stereocenters. The Hall–Kier alpha value is -0.0800. The maximum Gasteiger partial charge on any atom is 0.0696 e. The summed E-state index contributed by atoms with van der Waals surface area (Å²) in [4.78, 5) is 2.41. The van der Waals surface area contributed by atoms with Gasteiger partial charge >= 0.3 is 0 Å². The van der Waals surface area contributed by atoms with Crippen LogP contribution < -0.4 is 0 Å². The highest BCUT2D eigenvalue weighted by Crippen LogP contribution is 2.28. The summed E-state index contributed by atoms with van der Waals surface area (Å²) in [7, 11) is 0. The normalized spacial score (nSPS) is 30.0. The van der Waals surface area contributed by atoms with Gasteiger partial charge < -0.3 is 5.11 Å². The molecule has 1 saturated carbocycles. The first-order chi connectivity index (χ1) is 5.54. The van der Waals surface area contributed by atoms with Crippen LogP contribution in [0.3, 0.4) is 0 Å². The molecule has 1 fully saturated rings. The van der Waals surface area contributed by atoms with Gasteiger partial charge in [-0.05, 0) is 40.5 Å². The van der Waals surface area contributed by atoms with E-state index < -0.39 is 0 Å². The second-order valence-corrected chi connectivity index (χ2v) is 4.35. The van der Waals surface area contributed by atoms with Gasteiger partial charge in [0.25, 0.3) is 0 Å². The molecule has 0 saturated heterocycles. The Labute approximate surface area is 75.6 Å². The maximum atomic E-state index is 9.53. The van der Waals surface area contributed by atoms with Crippen molar-refractivity contribution in [1.29, 1.82) is 0 Å². The van der Waals surface area contributed by atoms with Gasteiger partial charge in [-0.25, -0.2) is 0 Å². The fourth-order valence-electron chi connectivity index (χ4n) is 2.17. The minimum atomic E-state index is -0.0743. The Kier molecular flexibility index (Phi) is 3.13. The number of hydrogen-bond donors (Lipinski definition) is 1. The van der Waals surface area contributed by atoms with E-state index in [1.165, 1.54) is 0 Å². The van der Waals surface area contributed by atoms with E-state index in [4.69, 9.17) is 0 Å². The molecule has 12 heavy (non-hydrogen) atoms. The molecule has 0 radical (unpaired) electrons. The standard InChI is InChI=1S/C10H21NO/c1-7(2)11(8(3)4)9-5-6-10(9)12/h7-10,12H,5-6H2,1-4H3. The van der Waals surface area contributed by atoms with Crippen molar-refractivity contribution in [2.75, 3.05) is 0 Å². The third-order valence-electron chi connectivity index (χ3n) is 2.78. The van der Waals surface area contributed by atoms with Crippen molar-refractivity contribution in [3.63, 3.8) is 0 Å². The van der Waals surface area contributed by atoms with Gasteiger partial charge in [-0.3, -0.25) is 4.90 Å². The third-order valence-corrected chi connectivity index (χ3v) is 2.78. The summed E-state index contributed by atoms with van der Waals surface area (Å²) < 4.78 is 0. The summed E-state index contributed by atoms with van der Waals surface area (Å²) in [6.45, 7) is 8.80. The molecule has 1 rings (SSSR count). The summed E-state index contributed by atoms with van der Waals surface area (Å²) >= 11 is 0. The molecule has 0 heterocycles. The van der Waals surface area contributed by atoms with Gasteiger partial charge in [0.15, 0.2) is 0 Å². The van der Waals surface area contributed by atoms with Crippen molar-refractivity contribution in [2.45, 2.75) is 64.8 Å². The maximum absolute atomic E-state index is 9.53. The predicted molar refractivity (Wildman–Crippen MR) is 51.1 cm³/mol. The fraction of sp³-hybridized carbons (Fsp3) is 1.00. The molecule has 2 unspecified atom stereocenters. The third kappa shape index (κ3) is 1.80. The van der Waals surface area contributed by atoms with E-state index in [0.29, 0.717) is 18.1 Å². The highest BCUT2D eigenvalue weighted by molar-refractivity contribution is 4.91. The molecule has 0 bridgehead atoms. The minimum absolute atomic E-state index is 0.0743. The van der Waals surface area contributed by atoms with Gasteiger partial charge in [0, 0.05) is 18.1 Å². The van der Waals surface area contributed by atoms with Crippen LogP contribution in [0.1, 0.15) is 40.5 Å². The Balaban J connectivity index is 2.53. The van der Waals surface area contributed by atoms with Gasteiger partial charge in [-0.1, -0.05) is 0 Å². The quantitative estimate of drug-likeness (QED) is 0.697. The van der Waals surface area contributed by atoms with Gasteiger partial charge in [0.05, 0.1) is 6.10 Å². The van der Waals surface area contributed by atoms with Crippen molar-refractivity contribution < 1.29 is 5.11 Å². The lowest BCUT2D eigenvalue weighted by Gasteiger charge is -2.46. The Morgan fingerprint density at radius 3 is 1.67 bits per heavy atom. The van der Waals surface area contributed by atoms with Gasteiger partial charge in [-0.2, -0.15) is 0 Å². The number of hydrogen-bond acceptors (Lipinski definition) is 2. The number of aliphatic hydroxyl groups excluding tert-OH is 1. The lowest BCUT2D eigenvalue weighted by molar-refractivity contribution is -0.0483. The molecule has 72 valence electrons. The largest absolute Gasteiger partial charge is 0.391 e. The van der Waals surface area contributed by atoms with Crippen LogP contribution >= 0.6 is 0 Å². The van der Waals surface area contributed by atoms with E-state index in [1.807, 2.05) is 0 Å². The molecule has 2 nitrogen and oxygen atoms in total. The number of rotatable bonds is 3. The summed E-state index contributed by atoms with van der Waals surface area (Å²) in [5, 5.41) is 9.53. The predicted octanol–water partition coefficient (Wildman–Crippen LogP) is 1.63. The van der Waals surface area contributed by atoms with Crippen molar-refractivity contribution in [3.8, 4) is 0 Å². The summed E-state index contributed by atoms with van der Waals surface area (Å²) in [5.74, 6) is 0. The molecule has 0 spiro atoms. The van der Waals surface area contributed by atoms with E-state index in [0.717, 1.165) is 12.8 Å². The lowest BCUT2D eigenvalue weighted by atomic mass is 9.86. The van der Waals surface area contributed by atoms with Crippen molar-refractivity contribution in [3.05, 3.63) is 0 Å². The number of aliphatic hydroxyl groups is 1. The fourth-order valence-corrected chi connectivity index (χ4v) is 2.17. The van der Waals surface area contributed by atoms with Crippen LogP contribution in [0.2, 0.25) is 0 Å². The smallest absolute Gasteiger partial charge is 0.0696 e. The Bertz CT molecular complexity index is 137. The van der Waals surface area contributed by atoms with E-state index in [9.17, 15) is 5.11 Å². The van der Waals surface area contributed by atoms with Gasteiger partial charge in [-0.15, -0.1) is 0 Å². The number of nitrogens with zero attached hydrogens (tertiary/aromatic N) is 1. The molecule has 1 N–H and O–H groups in total. The first kappa shape index (κ1) is 10.0. The molecule has 2 heteroatoms. The topological polar surface area (TPSA) is 23.5 Å². The Morgan fingerprint density at radius 2 is 1.58 bits per heavy atom. The van der Waals surface area contributed by atoms with Gasteiger partial charge in [0.1, 0.15) is 0 Å². The summed E-state index contributed by atoms with van der Waals surface area (Å²) in [6.07, 6.45) is 2.08. The zero-order chi connectivity index (χ0) is 9.30. The molecular weight excluding hydrogens is 150 g/mol. The van der Waals surface area contributed by atoms with Crippen LogP contribution in [0.15, 0.2) is 0 Å². The van der Waals surface area contributed by atoms with E-state index >= 15 is 0 Å². The van der Waals surface area contributed by atoms with Crippen LogP contribution in [0.4, 0.5) is 0 Å². The van der Waals surface area contributed by atoms with Crippen LogP contribution in [0, 0.1) is 0 Å². The summed E-state index contributed by atoms with van der Waals surface area (Å²) in [5.41, 5.74) is 0. The SMILES string of the molecule is CC(C)N(C(C)C)C1CCC1O. The van der Waals surface area contributed by atoms with E-state index in [2.05, 4.69) is 32.6 Å². The first-order valence-electron chi connectivity index (χ1n) is 4.99. The molecule has 0 amide bonds. The molecule has 1 aliphatic rings. The Morgan fingerprint density at radius 1 is 1.08 bits per heavy atom. The highest BCUT2D eigenvalue weighted by Gasteiger charge is 2.36. The molecular formula is C10H21NO. The van der Waals surface area contributed by atoms with Crippen molar-refractivity contribution in [1.82, 2.24) is 4.90 Å². The van der Waals surface area contributed by atoms with Gasteiger partial charge in [0.2, 0.25) is 0 Å².